The van der Waals surface area contributed by atoms with Gasteiger partial charge in [-0.15, -0.1) is 0 Å². The summed E-state index contributed by atoms with van der Waals surface area (Å²) in [5.74, 6) is -0.116. The van der Waals surface area contributed by atoms with E-state index in [0.717, 1.165) is 17.7 Å². The van der Waals surface area contributed by atoms with Crippen LogP contribution in [-0.4, -0.2) is 24.8 Å². The molecule has 2 aromatic carbocycles. The van der Waals surface area contributed by atoms with E-state index in [9.17, 15) is 9.90 Å². The van der Waals surface area contributed by atoms with Crippen molar-refractivity contribution in [2.24, 2.45) is 0 Å². The van der Waals surface area contributed by atoms with E-state index < -0.39 is 11.9 Å². The van der Waals surface area contributed by atoms with Crippen LogP contribution in [0.3, 0.4) is 0 Å². The largest absolute Gasteiger partial charge is 0.496 e. The normalized spacial score (nSPS) is 11.7. The number of benzene rings is 2. The lowest BCUT2D eigenvalue weighted by Crippen LogP contribution is -2.16. The predicted octanol–water partition coefficient (Wildman–Crippen LogP) is 3.89. The van der Waals surface area contributed by atoms with E-state index in [1.807, 2.05) is 36.4 Å². The maximum atomic E-state index is 11.6. The molecule has 0 spiro atoms. The van der Waals surface area contributed by atoms with Crippen molar-refractivity contribution in [1.29, 1.82) is 0 Å². The fraction of sp³-hybridized carbons (Fsp3) is 0.316. The van der Waals surface area contributed by atoms with Crippen molar-refractivity contribution >= 4 is 5.97 Å². The summed E-state index contributed by atoms with van der Waals surface area (Å²) in [7, 11) is 1.55. The Morgan fingerprint density at radius 3 is 2.39 bits per heavy atom. The quantitative estimate of drug-likeness (QED) is 0.803. The molecule has 0 aliphatic carbocycles. The highest BCUT2D eigenvalue weighted by Gasteiger charge is 2.23. The van der Waals surface area contributed by atoms with E-state index in [-0.39, 0.29) is 0 Å². The van der Waals surface area contributed by atoms with Crippen molar-refractivity contribution in [2.45, 2.75) is 25.7 Å². The molecule has 2 rings (SSSR count). The zero-order valence-corrected chi connectivity index (χ0v) is 13.5. The highest BCUT2D eigenvalue weighted by atomic mass is 16.5. The van der Waals surface area contributed by atoms with Crippen LogP contribution in [0.2, 0.25) is 0 Å². The van der Waals surface area contributed by atoms with Gasteiger partial charge in [0.1, 0.15) is 11.5 Å². The summed E-state index contributed by atoms with van der Waals surface area (Å²) in [6.45, 7) is 2.41. The van der Waals surface area contributed by atoms with Gasteiger partial charge in [-0.05, 0) is 30.5 Å². The van der Waals surface area contributed by atoms with E-state index in [1.54, 1.807) is 19.2 Å². The fourth-order valence-electron chi connectivity index (χ4n) is 2.59. The van der Waals surface area contributed by atoms with Gasteiger partial charge in [-0.2, -0.15) is 0 Å². The van der Waals surface area contributed by atoms with Crippen molar-refractivity contribution in [3.8, 4) is 11.5 Å². The number of carboxylic acid groups (broad SMARTS) is 1. The molecule has 1 atom stereocenters. The molecular formula is C19H22O4. The van der Waals surface area contributed by atoms with E-state index in [2.05, 4.69) is 6.92 Å². The lowest BCUT2D eigenvalue weighted by molar-refractivity contribution is -0.139. The maximum Gasteiger partial charge on any atom is 0.311 e. The second-order valence-corrected chi connectivity index (χ2v) is 5.23. The standard InChI is InChI=1S/C19H22O4/c1-3-14-8-4-6-10-17(14)23-13-12-16(19(20)21)15-9-5-7-11-18(15)22-2/h4-11,16H,3,12-13H2,1-2H3,(H,20,21). The minimum absolute atomic E-state index is 0.339. The molecule has 23 heavy (non-hydrogen) atoms. The van der Waals surface area contributed by atoms with Crippen LogP contribution < -0.4 is 9.47 Å². The molecule has 4 heteroatoms. The van der Waals surface area contributed by atoms with Gasteiger partial charge in [0.05, 0.1) is 19.6 Å². The number of hydrogen-bond acceptors (Lipinski definition) is 3. The van der Waals surface area contributed by atoms with Crippen molar-refractivity contribution < 1.29 is 19.4 Å². The average molecular weight is 314 g/mol. The molecule has 1 unspecified atom stereocenters. The van der Waals surface area contributed by atoms with E-state index in [0.29, 0.717) is 24.3 Å². The average Bonchev–Trinajstić information content (AvgIpc) is 2.58. The van der Waals surface area contributed by atoms with Crippen LogP contribution in [0, 0.1) is 0 Å². The summed E-state index contributed by atoms with van der Waals surface area (Å²) < 4.78 is 11.1. The van der Waals surface area contributed by atoms with Gasteiger partial charge in [0.2, 0.25) is 0 Å². The number of para-hydroxylation sites is 2. The molecule has 4 nitrogen and oxygen atoms in total. The van der Waals surface area contributed by atoms with Crippen LogP contribution in [0.5, 0.6) is 11.5 Å². The number of ether oxygens (including phenoxy) is 2. The van der Waals surface area contributed by atoms with Crippen LogP contribution in [0.15, 0.2) is 48.5 Å². The van der Waals surface area contributed by atoms with Crippen LogP contribution >= 0.6 is 0 Å². The summed E-state index contributed by atoms with van der Waals surface area (Å²) in [5, 5.41) is 9.53. The molecule has 0 bridgehead atoms. The monoisotopic (exact) mass is 314 g/mol. The zero-order valence-electron chi connectivity index (χ0n) is 13.5. The van der Waals surface area contributed by atoms with Gasteiger partial charge in [0.15, 0.2) is 0 Å². The van der Waals surface area contributed by atoms with Gasteiger partial charge in [-0.25, -0.2) is 0 Å². The number of aliphatic carboxylic acids is 1. The summed E-state index contributed by atoms with van der Waals surface area (Å²) in [6.07, 6.45) is 1.26. The van der Waals surface area contributed by atoms with Crippen molar-refractivity contribution in [3.05, 3.63) is 59.7 Å². The molecule has 0 fully saturated rings. The molecule has 0 amide bonds. The zero-order chi connectivity index (χ0) is 16.7. The third kappa shape index (κ3) is 4.25. The molecule has 0 saturated heterocycles. The van der Waals surface area contributed by atoms with Crippen LogP contribution in [0.25, 0.3) is 0 Å². The minimum Gasteiger partial charge on any atom is -0.496 e. The Morgan fingerprint density at radius 1 is 1.09 bits per heavy atom. The van der Waals surface area contributed by atoms with E-state index in [4.69, 9.17) is 9.47 Å². The smallest absolute Gasteiger partial charge is 0.311 e. The Bertz CT molecular complexity index is 651. The minimum atomic E-state index is -0.873. The molecule has 0 aliphatic heterocycles. The molecule has 0 aliphatic rings. The van der Waals surface area contributed by atoms with Crippen LogP contribution in [0.1, 0.15) is 30.4 Å². The van der Waals surface area contributed by atoms with Gasteiger partial charge in [-0.1, -0.05) is 43.3 Å². The highest BCUT2D eigenvalue weighted by Crippen LogP contribution is 2.29. The van der Waals surface area contributed by atoms with Gasteiger partial charge in [0.25, 0.3) is 0 Å². The Kier molecular flexibility index (Phi) is 6.03. The Balaban J connectivity index is 2.08. The predicted molar refractivity (Wildman–Crippen MR) is 89.3 cm³/mol. The number of aryl methyl sites for hydroxylation is 1. The highest BCUT2D eigenvalue weighted by molar-refractivity contribution is 5.77. The lowest BCUT2D eigenvalue weighted by Gasteiger charge is -2.17. The summed E-state index contributed by atoms with van der Waals surface area (Å²) in [4.78, 5) is 11.6. The fourth-order valence-corrected chi connectivity index (χ4v) is 2.59. The second kappa shape index (κ2) is 8.22. The number of rotatable bonds is 8. The van der Waals surface area contributed by atoms with E-state index >= 15 is 0 Å². The third-order valence-electron chi connectivity index (χ3n) is 3.83. The topological polar surface area (TPSA) is 55.8 Å². The van der Waals surface area contributed by atoms with Crippen molar-refractivity contribution in [3.63, 3.8) is 0 Å². The van der Waals surface area contributed by atoms with Gasteiger partial charge in [0, 0.05) is 5.56 Å². The summed E-state index contributed by atoms with van der Waals surface area (Å²) in [6, 6.07) is 15.0. The van der Waals surface area contributed by atoms with Crippen molar-refractivity contribution in [2.75, 3.05) is 13.7 Å². The first-order valence-electron chi connectivity index (χ1n) is 7.73. The van der Waals surface area contributed by atoms with Gasteiger partial charge in [-0.3, -0.25) is 4.79 Å². The lowest BCUT2D eigenvalue weighted by atomic mass is 9.95. The van der Waals surface area contributed by atoms with Gasteiger partial charge < -0.3 is 14.6 Å². The molecule has 0 radical (unpaired) electrons. The number of hydrogen-bond donors (Lipinski definition) is 1. The van der Waals surface area contributed by atoms with E-state index in [1.165, 1.54) is 0 Å². The number of carbonyl (C=O) groups is 1. The SMILES string of the molecule is CCc1ccccc1OCCC(C(=O)O)c1ccccc1OC. The Labute approximate surface area is 136 Å². The van der Waals surface area contributed by atoms with Gasteiger partial charge >= 0.3 is 5.97 Å². The summed E-state index contributed by atoms with van der Waals surface area (Å²) >= 11 is 0. The maximum absolute atomic E-state index is 11.6. The Hall–Kier alpha value is -2.49. The molecular weight excluding hydrogens is 292 g/mol. The first-order valence-corrected chi connectivity index (χ1v) is 7.73. The second-order valence-electron chi connectivity index (χ2n) is 5.23. The summed E-state index contributed by atoms with van der Waals surface area (Å²) in [5.41, 5.74) is 1.80. The van der Waals surface area contributed by atoms with Crippen molar-refractivity contribution in [1.82, 2.24) is 0 Å². The Morgan fingerprint density at radius 2 is 1.74 bits per heavy atom. The van der Waals surface area contributed by atoms with Crippen LogP contribution in [0.4, 0.5) is 0 Å². The molecule has 0 heterocycles. The molecule has 1 N–H and O–H groups in total. The third-order valence-corrected chi connectivity index (χ3v) is 3.83. The number of carboxylic acids is 1. The number of methoxy groups -OCH3 is 1. The first kappa shape index (κ1) is 16.9. The van der Waals surface area contributed by atoms with Crippen LogP contribution in [-0.2, 0) is 11.2 Å². The molecule has 0 saturated carbocycles. The molecule has 122 valence electrons. The molecule has 0 aromatic heterocycles. The first-order chi connectivity index (χ1) is 11.2. The molecule has 2 aromatic rings.